The third kappa shape index (κ3) is 1.89. The Labute approximate surface area is 69.7 Å². The highest BCUT2D eigenvalue weighted by Gasteiger charge is 2.26. The summed E-state index contributed by atoms with van der Waals surface area (Å²) in [5.41, 5.74) is -0.225. The topological polar surface area (TPSA) is 35.5 Å². The van der Waals surface area contributed by atoms with E-state index in [9.17, 15) is 4.79 Å². The summed E-state index contributed by atoms with van der Waals surface area (Å²) in [5, 5.41) is 0. The first kappa shape index (κ1) is 8.46. The molecule has 0 aromatic carbocycles. The molecule has 1 aliphatic rings. The van der Waals surface area contributed by atoms with Gasteiger partial charge in [0.2, 0.25) is 5.44 Å². The second kappa shape index (κ2) is 3.67. The maximum Gasteiger partial charge on any atom is 0.335 e. The quantitative estimate of drug-likeness (QED) is 0.601. The Balaban J connectivity index is 2.56. The van der Waals surface area contributed by atoms with Gasteiger partial charge >= 0.3 is 5.97 Å². The van der Waals surface area contributed by atoms with Crippen LogP contribution in [0.25, 0.3) is 0 Å². The van der Waals surface area contributed by atoms with Crippen LogP contribution in [0.2, 0.25) is 0 Å². The molecule has 11 heavy (non-hydrogen) atoms. The molecule has 0 spiro atoms. The van der Waals surface area contributed by atoms with Gasteiger partial charge in [-0.1, -0.05) is 6.92 Å². The summed E-state index contributed by atoms with van der Waals surface area (Å²) in [4.78, 5) is 10.7. The molecule has 1 aliphatic heterocycles. The first-order valence-electron chi connectivity index (χ1n) is 3.35. The van der Waals surface area contributed by atoms with Crippen molar-refractivity contribution < 1.29 is 14.3 Å². The van der Waals surface area contributed by atoms with Crippen LogP contribution in [0.3, 0.4) is 0 Å². The standard InChI is InChI=1S/C7H10O3S/c1-3-11-7-5(9-2)4-6(8)10-7/h4,7H,3H2,1-2H3. The van der Waals surface area contributed by atoms with Crippen molar-refractivity contribution in [3.63, 3.8) is 0 Å². The summed E-state index contributed by atoms with van der Waals surface area (Å²) in [6, 6.07) is 0. The Morgan fingerprint density at radius 2 is 2.55 bits per heavy atom. The van der Waals surface area contributed by atoms with E-state index in [-0.39, 0.29) is 11.4 Å². The van der Waals surface area contributed by atoms with Crippen LogP contribution in [0.5, 0.6) is 0 Å². The molecule has 0 aromatic heterocycles. The lowest BCUT2D eigenvalue weighted by Gasteiger charge is -2.10. The van der Waals surface area contributed by atoms with Crippen molar-refractivity contribution in [1.82, 2.24) is 0 Å². The largest absolute Gasteiger partial charge is 0.496 e. The van der Waals surface area contributed by atoms with Crippen molar-refractivity contribution in [2.75, 3.05) is 12.9 Å². The van der Waals surface area contributed by atoms with E-state index in [4.69, 9.17) is 9.47 Å². The zero-order valence-corrected chi connectivity index (χ0v) is 7.31. The molecule has 4 heteroatoms. The molecule has 0 amide bonds. The molecule has 0 N–H and O–H groups in total. The number of carbonyl (C=O) groups excluding carboxylic acids is 1. The van der Waals surface area contributed by atoms with Crippen LogP contribution in [-0.2, 0) is 14.3 Å². The molecule has 0 aromatic rings. The Hall–Kier alpha value is -0.640. The van der Waals surface area contributed by atoms with Gasteiger partial charge in [-0.3, -0.25) is 0 Å². The van der Waals surface area contributed by atoms with Crippen LogP contribution in [0.15, 0.2) is 11.8 Å². The Morgan fingerprint density at radius 1 is 1.82 bits per heavy atom. The lowest BCUT2D eigenvalue weighted by molar-refractivity contribution is -0.136. The number of cyclic esters (lactones) is 1. The molecular formula is C7H10O3S. The first-order valence-corrected chi connectivity index (χ1v) is 4.40. The number of rotatable bonds is 3. The van der Waals surface area contributed by atoms with Gasteiger partial charge in [-0.25, -0.2) is 4.79 Å². The maximum absolute atomic E-state index is 10.7. The average molecular weight is 174 g/mol. The molecule has 0 saturated heterocycles. The lowest BCUT2D eigenvalue weighted by atomic mass is 10.5. The van der Waals surface area contributed by atoms with E-state index >= 15 is 0 Å². The second-order valence-corrected chi connectivity index (χ2v) is 3.31. The highest BCUT2D eigenvalue weighted by Crippen LogP contribution is 2.25. The molecule has 1 unspecified atom stereocenters. The number of thioether (sulfide) groups is 1. The first-order chi connectivity index (χ1) is 5.27. The van der Waals surface area contributed by atoms with E-state index in [0.29, 0.717) is 5.76 Å². The summed E-state index contributed by atoms with van der Waals surface area (Å²) < 4.78 is 9.85. The molecule has 3 nitrogen and oxygen atoms in total. The second-order valence-electron chi connectivity index (χ2n) is 1.97. The van der Waals surface area contributed by atoms with Crippen LogP contribution in [0, 0.1) is 0 Å². The van der Waals surface area contributed by atoms with Crippen LogP contribution >= 0.6 is 11.8 Å². The minimum atomic E-state index is -0.312. The minimum Gasteiger partial charge on any atom is -0.496 e. The summed E-state index contributed by atoms with van der Waals surface area (Å²) in [7, 11) is 1.54. The van der Waals surface area contributed by atoms with Gasteiger partial charge in [-0.15, -0.1) is 11.8 Å². The molecule has 62 valence electrons. The monoisotopic (exact) mass is 174 g/mol. The normalized spacial score (nSPS) is 22.9. The third-order valence-corrected chi connectivity index (χ3v) is 2.23. The molecule has 1 heterocycles. The fourth-order valence-electron chi connectivity index (χ4n) is 0.804. The van der Waals surface area contributed by atoms with Gasteiger partial charge in [0, 0.05) is 0 Å². The zero-order chi connectivity index (χ0) is 8.27. The smallest absolute Gasteiger partial charge is 0.335 e. The SMILES string of the molecule is CCSC1OC(=O)C=C1OC. The zero-order valence-electron chi connectivity index (χ0n) is 6.49. The van der Waals surface area contributed by atoms with E-state index in [0.717, 1.165) is 5.75 Å². The van der Waals surface area contributed by atoms with Gasteiger partial charge in [0.15, 0.2) is 5.76 Å². The maximum atomic E-state index is 10.7. The highest BCUT2D eigenvalue weighted by atomic mass is 32.2. The Bertz CT molecular complexity index is 188. The summed E-state index contributed by atoms with van der Waals surface area (Å²) in [5.74, 6) is 1.20. The van der Waals surface area contributed by atoms with Crippen molar-refractivity contribution in [3.8, 4) is 0 Å². The fourth-order valence-corrected chi connectivity index (χ4v) is 1.60. The van der Waals surface area contributed by atoms with Crippen molar-refractivity contribution >= 4 is 17.7 Å². The van der Waals surface area contributed by atoms with Crippen molar-refractivity contribution in [2.24, 2.45) is 0 Å². The van der Waals surface area contributed by atoms with E-state index in [1.54, 1.807) is 0 Å². The summed E-state index contributed by atoms with van der Waals surface area (Å²) >= 11 is 1.54. The van der Waals surface area contributed by atoms with Crippen LogP contribution in [0.1, 0.15) is 6.92 Å². The summed E-state index contributed by atoms with van der Waals surface area (Å²) in [6.45, 7) is 2.00. The number of hydrogen-bond donors (Lipinski definition) is 0. The minimum absolute atomic E-state index is 0.225. The van der Waals surface area contributed by atoms with Crippen LogP contribution in [-0.4, -0.2) is 24.3 Å². The van der Waals surface area contributed by atoms with Gasteiger partial charge in [-0.05, 0) is 5.75 Å². The molecule has 1 atom stereocenters. The lowest BCUT2D eigenvalue weighted by Crippen LogP contribution is -2.08. The van der Waals surface area contributed by atoms with E-state index in [2.05, 4.69) is 0 Å². The number of esters is 1. The van der Waals surface area contributed by atoms with E-state index in [1.165, 1.54) is 24.9 Å². The molecule has 1 rings (SSSR count). The van der Waals surface area contributed by atoms with Crippen molar-refractivity contribution in [3.05, 3.63) is 11.8 Å². The predicted molar refractivity (Wildman–Crippen MR) is 43.1 cm³/mol. The molecule has 0 saturated carbocycles. The third-order valence-electron chi connectivity index (χ3n) is 1.27. The number of carbonyl (C=O) groups is 1. The van der Waals surface area contributed by atoms with Gasteiger partial charge in [0.05, 0.1) is 13.2 Å². The van der Waals surface area contributed by atoms with Crippen molar-refractivity contribution in [1.29, 1.82) is 0 Å². The van der Waals surface area contributed by atoms with Crippen LogP contribution < -0.4 is 0 Å². The number of methoxy groups -OCH3 is 1. The Morgan fingerprint density at radius 3 is 3.09 bits per heavy atom. The van der Waals surface area contributed by atoms with Gasteiger partial charge in [-0.2, -0.15) is 0 Å². The van der Waals surface area contributed by atoms with E-state index < -0.39 is 0 Å². The van der Waals surface area contributed by atoms with Gasteiger partial charge < -0.3 is 9.47 Å². The van der Waals surface area contributed by atoms with Crippen molar-refractivity contribution in [2.45, 2.75) is 12.4 Å². The molecule has 0 radical (unpaired) electrons. The molecule has 0 bridgehead atoms. The van der Waals surface area contributed by atoms with Gasteiger partial charge in [0.25, 0.3) is 0 Å². The molecule has 0 aliphatic carbocycles. The number of hydrogen-bond acceptors (Lipinski definition) is 4. The number of ether oxygens (including phenoxy) is 2. The van der Waals surface area contributed by atoms with Crippen LogP contribution in [0.4, 0.5) is 0 Å². The summed E-state index contributed by atoms with van der Waals surface area (Å²) in [6.07, 6.45) is 1.38. The highest BCUT2D eigenvalue weighted by molar-refractivity contribution is 7.99. The molecule has 0 fully saturated rings. The van der Waals surface area contributed by atoms with Gasteiger partial charge in [0.1, 0.15) is 0 Å². The fraction of sp³-hybridized carbons (Fsp3) is 0.571. The predicted octanol–water partition coefficient (Wildman–Crippen LogP) is 1.15. The Kier molecular flexibility index (Phi) is 2.82. The average Bonchev–Trinajstić information content (AvgIpc) is 2.32. The van der Waals surface area contributed by atoms with E-state index in [1.807, 2.05) is 6.92 Å². The molecular weight excluding hydrogens is 164 g/mol.